The van der Waals surface area contributed by atoms with Crippen LogP contribution in [0.25, 0.3) is 0 Å². The minimum atomic E-state index is -0.682. The van der Waals surface area contributed by atoms with Crippen LogP contribution in [-0.4, -0.2) is 11.8 Å². The van der Waals surface area contributed by atoms with E-state index in [9.17, 15) is 9.59 Å². The van der Waals surface area contributed by atoms with E-state index in [-0.39, 0.29) is 0 Å². The molecule has 5 heteroatoms. The number of amides is 2. The zero-order valence-electron chi connectivity index (χ0n) is 14.0. The fourth-order valence-electron chi connectivity index (χ4n) is 2.18. The Labute approximate surface area is 150 Å². The molecule has 0 radical (unpaired) electrons. The molecule has 24 heavy (non-hydrogen) atoms. The van der Waals surface area contributed by atoms with E-state index in [0.29, 0.717) is 18.2 Å². The van der Waals surface area contributed by atoms with Crippen molar-refractivity contribution in [3.63, 3.8) is 0 Å². The Hall–Kier alpha value is -2.14. The molecule has 0 aliphatic rings. The summed E-state index contributed by atoms with van der Waals surface area (Å²) in [6.07, 6.45) is 0. The molecule has 0 fully saturated rings. The first-order valence-electron chi connectivity index (χ1n) is 7.81. The van der Waals surface area contributed by atoms with Gasteiger partial charge < -0.3 is 10.6 Å². The fourth-order valence-corrected chi connectivity index (χ4v) is 2.78. The van der Waals surface area contributed by atoms with Gasteiger partial charge in [-0.1, -0.05) is 44.2 Å². The summed E-state index contributed by atoms with van der Waals surface area (Å²) in [5, 5.41) is 5.23. The van der Waals surface area contributed by atoms with Gasteiger partial charge in [-0.25, -0.2) is 0 Å². The molecule has 0 heterocycles. The third-order valence-electron chi connectivity index (χ3n) is 3.68. The van der Waals surface area contributed by atoms with Crippen molar-refractivity contribution in [2.45, 2.75) is 33.2 Å². The molecule has 2 amide bonds. The van der Waals surface area contributed by atoms with E-state index in [1.807, 2.05) is 43.3 Å². The summed E-state index contributed by atoms with van der Waals surface area (Å²) >= 11 is 3.37. The number of benzene rings is 2. The first kappa shape index (κ1) is 18.2. The van der Waals surface area contributed by atoms with Crippen molar-refractivity contribution in [3.05, 3.63) is 63.6 Å². The van der Waals surface area contributed by atoms with Crippen molar-refractivity contribution < 1.29 is 9.59 Å². The van der Waals surface area contributed by atoms with Gasteiger partial charge in [-0.05, 0) is 57.6 Å². The Kier molecular flexibility index (Phi) is 6.15. The summed E-state index contributed by atoms with van der Waals surface area (Å²) in [6, 6.07) is 13.5. The first-order valence-corrected chi connectivity index (χ1v) is 8.60. The van der Waals surface area contributed by atoms with Crippen LogP contribution in [0.2, 0.25) is 0 Å². The summed E-state index contributed by atoms with van der Waals surface area (Å²) in [5.41, 5.74) is 3.83. The predicted octanol–water partition coefficient (Wildman–Crippen LogP) is 4.14. The molecule has 126 valence electrons. The van der Waals surface area contributed by atoms with Gasteiger partial charge in [0.05, 0.1) is 5.69 Å². The largest absolute Gasteiger partial charge is 0.344 e. The van der Waals surface area contributed by atoms with E-state index in [0.717, 1.165) is 15.6 Å². The quantitative estimate of drug-likeness (QED) is 0.773. The lowest BCUT2D eigenvalue weighted by atomic mass is 10.0. The minimum Gasteiger partial charge on any atom is -0.344 e. The SMILES string of the molecule is Cc1ccc(NC(=O)C(=O)NCc2ccc(C(C)C)cc2)c(Br)c1. The monoisotopic (exact) mass is 388 g/mol. The van der Waals surface area contributed by atoms with Crippen molar-refractivity contribution in [2.75, 3.05) is 5.32 Å². The zero-order chi connectivity index (χ0) is 17.7. The molecule has 0 aromatic heterocycles. The van der Waals surface area contributed by atoms with Gasteiger partial charge in [-0.15, -0.1) is 0 Å². The summed E-state index contributed by atoms with van der Waals surface area (Å²) in [7, 11) is 0. The molecule has 2 N–H and O–H groups in total. The van der Waals surface area contributed by atoms with E-state index in [4.69, 9.17) is 0 Å². The molecule has 2 aromatic carbocycles. The minimum absolute atomic E-state index is 0.319. The van der Waals surface area contributed by atoms with Crippen LogP contribution < -0.4 is 10.6 Å². The molecule has 0 saturated carbocycles. The molecule has 4 nitrogen and oxygen atoms in total. The van der Waals surface area contributed by atoms with Gasteiger partial charge in [-0.2, -0.15) is 0 Å². The number of hydrogen-bond donors (Lipinski definition) is 2. The summed E-state index contributed by atoms with van der Waals surface area (Å²) in [6.45, 7) is 6.53. The number of halogens is 1. The van der Waals surface area contributed by atoms with Crippen LogP contribution in [0.4, 0.5) is 5.69 Å². The van der Waals surface area contributed by atoms with Gasteiger partial charge >= 0.3 is 11.8 Å². The second-order valence-electron chi connectivity index (χ2n) is 6.02. The summed E-state index contributed by atoms with van der Waals surface area (Å²) in [4.78, 5) is 23.9. The van der Waals surface area contributed by atoms with E-state index in [1.165, 1.54) is 5.56 Å². The maximum absolute atomic E-state index is 12.0. The Morgan fingerprint density at radius 1 is 1.04 bits per heavy atom. The van der Waals surface area contributed by atoms with E-state index in [2.05, 4.69) is 40.4 Å². The van der Waals surface area contributed by atoms with Crippen molar-refractivity contribution in [2.24, 2.45) is 0 Å². The number of hydrogen-bond acceptors (Lipinski definition) is 2. The highest BCUT2D eigenvalue weighted by Crippen LogP contribution is 2.23. The molecule has 0 unspecified atom stereocenters. The second-order valence-corrected chi connectivity index (χ2v) is 6.87. The fraction of sp³-hybridized carbons (Fsp3) is 0.263. The van der Waals surface area contributed by atoms with Crippen LogP contribution in [0, 0.1) is 6.92 Å². The van der Waals surface area contributed by atoms with Crippen molar-refractivity contribution in [1.29, 1.82) is 0 Å². The molecule has 0 bridgehead atoms. The number of rotatable bonds is 4. The number of carbonyl (C=O) groups excluding carboxylic acids is 2. The highest BCUT2D eigenvalue weighted by molar-refractivity contribution is 9.10. The first-order chi connectivity index (χ1) is 11.4. The smallest absolute Gasteiger partial charge is 0.313 e. The van der Waals surface area contributed by atoms with Crippen molar-refractivity contribution in [1.82, 2.24) is 5.32 Å². The van der Waals surface area contributed by atoms with Crippen LogP contribution in [0.15, 0.2) is 46.9 Å². The van der Waals surface area contributed by atoms with Crippen LogP contribution in [-0.2, 0) is 16.1 Å². The van der Waals surface area contributed by atoms with Gasteiger partial charge in [0.1, 0.15) is 0 Å². The Morgan fingerprint density at radius 2 is 1.71 bits per heavy atom. The van der Waals surface area contributed by atoms with Crippen LogP contribution in [0.5, 0.6) is 0 Å². The Morgan fingerprint density at radius 3 is 2.29 bits per heavy atom. The van der Waals surface area contributed by atoms with Gasteiger partial charge in [0.25, 0.3) is 0 Å². The third kappa shape index (κ3) is 4.93. The lowest BCUT2D eigenvalue weighted by Gasteiger charge is -2.10. The molecule has 2 aromatic rings. The van der Waals surface area contributed by atoms with Crippen molar-refractivity contribution in [3.8, 4) is 0 Å². The van der Waals surface area contributed by atoms with Crippen LogP contribution in [0.1, 0.15) is 36.5 Å². The number of anilines is 1. The van der Waals surface area contributed by atoms with Gasteiger partial charge in [0, 0.05) is 11.0 Å². The molecule has 0 aliphatic carbocycles. The molecule has 0 atom stereocenters. The lowest BCUT2D eigenvalue weighted by Crippen LogP contribution is -2.35. The van der Waals surface area contributed by atoms with Gasteiger partial charge in [-0.3, -0.25) is 9.59 Å². The third-order valence-corrected chi connectivity index (χ3v) is 4.33. The Balaban J connectivity index is 1.90. The molecule has 2 rings (SSSR count). The molecule has 0 spiro atoms. The highest BCUT2D eigenvalue weighted by Gasteiger charge is 2.14. The normalized spacial score (nSPS) is 10.5. The second kappa shape index (κ2) is 8.11. The standard InChI is InChI=1S/C19H21BrN2O2/c1-12(2)15-7-5-14(6-8-15)11-21-18(23)19(24)22-17-9-4-13(3)10-16(17)20/h4-10,12H,11H2,1-3H3,(H,21,23)(H,22,24). The maximum Gasteiger partial charge on any atom is 0.313 e. The van der Waals surface area contributed by atoms with Crippen LogP contribution in [0.3, 0.4) is 0 Å². The Bertz CT molecular complexity index is 740. The number of nitrogens with one attached hydrogen (secondary N) is 2. The molecule has 0 aliphatic heterocycles. The van der Waals surface area contributed by atoms with Gasteiger partial charge in [0.2, 0.25) is 0 Å². The molecular formula is C19H21BrN2O2. The van der Waals surface area contributed by atoms with Crippen LogP contribution >= 0.6 is 15.9 Å². The van der Waals surface area contributed by atoms with E-state index >= 15 is 0 Å². The summed E-state index contributed by atoms with van der Waals surface area (Å²) in [5.74, 6) is -0.874. The summed E-state index contributed by atoms with van der Waals surface area (Å²) < 4.78 is 0.743. The van der Waals surface area contributed by atoms with Gasteiger partial charge in [0.15, 0.2) is 0 Å². The maximum atomic E-state index is 12.0. The average molecular weight is 389 g/mol. The zero-order valence-corrected chi connectivity index (χ0v) is 15.6. The predicted molar refractivity (Wildman–Crippen MR) is 99.9 cm³/mol. The number of carbonyl (C=O) groups is 2. The topological polar surface area (TPSA) is 58.2 Å². The van der Waals surface area contributed by atoms with Crippen molar-refractivity contribution >= 4 is 33.4 Å². The van der Waals surface area contributed by atoms with E-state index < -0.39 is 11.8 Å². The molecule has 0 saturated heterocycles. The molecular weight excluding hydrogens is 368 g/mol. The number of aryl methyl sites for hydroxylation is 1. The lowest BCUT2D eigenvalue weighted by molar-refractivity contribution is -0.136. The highest BCUT2D eigenvalue weighted by atomic mass is 79.9. The van der Waals surface area contributed by atoms with E-state index in [1.54, 1.807) is 6.07 Å². The average Bonchev–Trinajstić information content (AvgIpc) is 2.55.